The molecule has 1 fully saturated rings. The van der Waals surface area contributed by atoms with Crippen LogP contribution >= 0.6 is 11.3 Å². The molecular weight excluding hydrogens is 290 g/mol. The number of thiazole rings is 1. The second kappa shape index (κ2) is 5.61. The number of hydrogen-bond acceptors (Lipinski definition) is 6. The minimum absolute atomic E-state index is 0.0510. The Bertz CT molecular complexity index is 652. The lowest BCUT2D eigenvalue weighted by atomic mass is 9.84. The predicted molar refractivity (Wildman–Crippen MR) is 82.9 cm³/mol. The molecular formula is C13H19N5O2S. The lowest BCUT2D eigenvalue weighted by molar-refractivity contribution is -0.389. The monoisotopic (exact) mass is 309 g/mol. The largest absolute Gasteiger partial charge is 0.373 e. The van der Waals surface area contributed by atoms with Crippen LogP contribution < -0.4 is 10.6 Å². The van der Waals surface area contributed by atoms with Crippen molar-refractivity contribution in [3.63, 3.8) is 0 Å². The fourth-order valence-corrected chi connectivity index (χ4v) is 4.00. The number of imidazole rings is 1. The Kier molecular flexibility index (Phi) is 3.81. The number of aromatic nitrogens is 2. The zero-order valence-electron chi connectivity index (χ0n) is 11.9. The van der Waals surface area contributed by atoms with E-state index < -0.39 is 0 Å². The Morgan fingerprint density at radius 3 is 3.05 bits per heavy atom. The quantitative estimate of drug-likeness (QED) is 0.691. The highest BCUT2D eigenvalue weighted by Crippen LogP contribution is 2.35. The van der Waals surface area contributed by atoms with Gasteiger partial charge in [0.25, 0.3) is 4.96 Å². The fraction of sp³-hybridized carbons (Fsp3) is 0.615. The van der Waals surface area contributed by atoms with Gasteiger partial charge in [-0.05, 0) is 30.2 Å². The van der Waals surface area contributed by atoms with E-state index in [1.165, 1.54) is 17.8 Å². The standard InChI is InChI=1S/C13H19N5O2S/c1-16(10-5-3-2-4-9(10)8-14)11-12(18(19)20)17-6-7-21-13(17)15-11/h6-7,9-10H,2-5,8,14H2,1H3. The molecule has 2 heterocycles. The summed E-state index contributed by atoms with van der Waals surface area (Å²) in [5.41, 5.74) is 5.88. The Morgan fingerprint density at radius 2 is 2.33 bits per heavy atom. The van der Waals surface area contributed by atoms with E-state index in [4.69, 9.17) is 5.73 Å². The number of anilines is 1. The molecule has 2 aromatic rings. The topological polar surface area (TPSA) is 89.7 Å². The third kappa shape index (κ3) is 2.38. The van der Waals surface area contributed by atoms with Crippen molar-refractivity contribution >= 4 is 27.9 Å². The summed E-state index contributed by atoms with van der Waals surface area (Å²) < 4.78 is 1.55. The van der Waals surface area contributed by atoms with E-state index in [-0.39, 0.29) is 16.8 Å². The second-order valence-corrected chi connectivity index (χ2v) is 6.40. The number of nitrogens with two attached hydrogens (primary N) is 1. The molecule has 0 radical (unpaired) electrons. The summed E-state index contributed by atoms with van der Waals surface area (Å²) in [6.07, 6.45) is 6.13. The predicted octanol–water partition coefficient (Wildman–Crippen LogP) is 2.26. The van der Waals surface area contributed by atoms with Crippen LogP contribution in [0.5, 0.6) is 0 Å². The van der Waals surface area contributed by atoms with Crippen LogP contribution in [0.2, 0.25) is 0 Å². The molecule has 21 heavy (non-hydrogen) atoms. The zero-order chi connectivity index (χ0) is 15.0. The molecule has 0 aliphatic heterocycles. The molecule has 0 amide bonds. The molecule has 8 heteroatoms. The van der Waals surface area contributed by atoms with Gasteiger partial charge in [-0.2, -0.15) is 9.38 Å². The second-order valence-electron chi connectivity index (χ2n) is 5.53. The van der Waals surface area contributed by atoms with Crippen LogP contribution in [0.1, 0.15) is 25.7 Å². The number of nitro groups is 1. The van der Waals surface area contributed by atoms with Gasteiger partial charge >= 0.3 is 5.82 Å². The SMILES string of the molecule is CN(c1nc2sccn2c1[N+](=O)[O-])C1CCCCC1CN. The number of fused-ring (bicyclic) bond motifs is 1. The van der Waals surface area contributed by atoms with Crippen molar-refractivity contribution in [2.75, 3.05) is 18.5 Å². The highest BCUT2D eigenvalue weighted by Gasteiger charge is 2.34. The summed E-state index contributed by atoms with van der Waals surface area (Å²) in [5.74, 6) is 0.885. The van der Waals surface area contributed by atoms with Crippen LogP contribution in [0.25, 0.3) is 4.96 Å². The van der Waals surface area contributed by atoms with Crippen LogP contribution in [0.4, 0.5) is 11.6 Å². The van der Waals surface area contributed by atoms with Crippen molar-refractivity contribution in [3.8, 4) is 0 Å². The first-order valence-corrected chi connectivity index (χ1v) is 8.04. The lowest BCUT2D eigenvalue weighted by Gasteiger charge is -2.37. The summed E-state index contributed by atoms with van der Waals surface area (Å²) >= 11 is 1.41. The van der Waals surface area contributed by atoms with Crippen molar-refractivity contribution in [1.29, 1.82) is 0 Å². The summed E-state index contributed by atoms with van der Waals surface area (Å²) in [6, 6.07) is 0.229. The van der Waals surface area contributed by atoms with E-state index >= 15 is 0 Å². The van der Waals surface area contributed by atoms with Crippen LogP contribution in [-0.4, -0.2) is 33.9 Å². The van der Waals surface area contributed by atoms with Gasteiger partial charge < -0.3 is 20.7 Å². The van der Waals surface area contributed by atoms with Crippen LogP contribution in [0.3, 0.4) is 0 Å². The van der Waals surface area contributed by atoms with Crippen molar-refractivity contribution in [2.45, 2.75) is 31.7 Å². The molecule has 2 N–H and O–H groups in total. The average Bonchev–Trinajstić information content (AvgIpc) is 3.06. The zero-order valence-corrected chi connectivity index (χ0v) is 12.8. The van der Waals surface area contributed by atoms with E-state index in [2.05, 4.69) is 4.98 Å². The molecule has 0 aromatic carbocycles. The van der Waals surface area contributed by atoms with Gasteiger partial charge in [-0.3, -0.25) is 0 Å². The first-order chi connectivity index (χ1) is 10.1. The van der Waals surface area contributed by atoms with Gasteiger partial charge in [0, 0.05) is 18.5 Å². The van der Waals surface area contributed by atoms with Crippen molar-refractivity contribution in [1.82, 2.24) is 9.38 Å². The molecule has 114 valence electrons. The molecule has 7 nitrogen and oxygen atoms in total. The third-order valence-electron chi connectivity index (χ3n) is 4.40. The summed E-state index contributed by atoms with van der Waals surface area (Å²) in [5, 5.41) is 13.2. The number of hydrogen-bond donors (Lipinski definition) is 1. The Balaban J connectivity index is 2.00. The lowest BCUT2D eigenvalue weighted by Crippen LogP contribution is -2.43. The van der Waals surface area contributed by atoms with Gasteiger partial charge in [-0.15, -0.1) is 0 Å². The molecule has 2 aromatic heterocycles. The van der Waals surface area contributed by atoms with Crippen molar-refractivity contribution in [2.24, 2.45) is 11.7 Å². The van der Waals surface area contributed by atoms with Gasteiger partial charge in [0.2, 0.25) is 5.82 Å². The molecule has 3 rings (SSSR count). The maximum atomic E-state index is 11.4. The molecule has 1 aliphatic rings. The van der Waals surface area contributed by atoms with Gasteiger partial charge in [0.05, 0.1) is 0 Å². The van der Waals surface area contributed by atoms with Crippen LogP contribution in [0.15, 0.2) is 11.6 Å². The molecule has 1 saturated carbocycles. The van der Waals surface area contributed by atoms with Crippen LogP contribution in [0, 0.1) is 16.0 Å². The third-order valence-corrected chi connectivity index (χ3v) is 5.15. The highest BCUT2D eigenvalue weighted by molar-refractivity contribution is 7.15. The van der Waals surface area contributed by atoms with Crippen molar-refractivity contribution < 1.29 is 4.92 Å². The summed E-state index contributed by atoms with van der Waals surface area (Å²) in [7, 11) is 1.90. The van der Waals surface area contributed by atoms with Crippen LogP contribution in [-0.2, 0) is 0 Å². The fourth-order valence-electron chi connectivity index (χ4n) is 3.30. The summed E-state index contributed by atoms with van der Waals surface area (Å²) in [4.78, 5) is 18.2. The van der Waals surface area contributed by atoms with E-state index in [0.29, 0.717) is 23.2 Å². The van der Waals surface area contributed by atoms with Gasteiger partial charge in [-0.1, -0.05) is 24.2 Å². The molecule has 0 bridgehead atoms. The highest BCUT2D eigenvalue weighted by atomic mass is 32.1. The molecule has 1 aliphatic carbocycles. The molecule has 0 spiro atoms. The first kappa shape index (κ1) is 14.3. The van der Waals surface area contributed by atoms with Gasteiger partial charge in [0.15, 0.2) is 0 Å². The minimum atomic E-state index is -0.348. The molecule has 0 saturated heterocycles. The van der Waals surface area contributed by atoms with Gasteiger partial charge in [-0.25, -0.2) is 0 Å². The van der Waals surface area contributed by atoms with E-state index in [0.717, 1.165) is 19.3 Å². The Hall–Kier alpha value is -1.67. The number of rotatable bonds is 4. The normalized spacial score (nSPS) is 22.6. The first-order valence-electron chi connectivity index (χ1n) is 7.16. The summed E-state index contributed by atoms with van der Waals surface area (Å²) in [6.45, 7) is 0.616. The Labute approximate surface area is 126 Å². The van der Waals surface area contributed by atoms with E-state index in [9.17, 15) is 10.1 Å². The smallest absolute Gasteiger partial charge is 0.358 e. The molecule has 2 unspecified atom stereocenters. The maximum absolute atomic E-state index is 11.4. The van der Waals surface area contributed by atoms with Crippen molar-refractivity contribution in [3.05, 3.63) is 21.7 Å². The average molecular weight is 309 g/mol. The minimum Gasteiger partial charge on any atom is -0.358 e. The number of nitrogens with zero attached hydrogens (tertiary/aromatic N) is 4. The Morgan fingerprint density at radius 1 is 1.57 bits per heavy atom. The van der Waals surface area contributed by atoms with E-state index in [1.54, 1.807) is 10.6 Å². The van der Waals surface area contributed by atoms with Gasteiger partial charge in [0.1, 0.15) is 6.20 Å². The maximum Gasteiger partial charge on any atom is 0.373 e. The van der Waals surface area contributed by atoms with E-state index in [1.807, 2.05) is 17.3 Å². The molecule has 2 atom stereocenters.